The summed E-state index contributed by atoms with van der Waals surface area (Å²) < 4.78 is 5.39. The third-order valence-corrected chi connectivity index (χ3v) is 4.41. The van der Waals surface area contributed by atoms with Gasteiger partial charge in [0.15, 0.2) is 0 Å². The van der Waals surface area contributed by atoms with Crippen LogP contribution in [0.5, 0.6) is 0 Å². The Morgan fingerprint density at radius 1 is 1.18 bits per heavy atom. The number of hydrogen-bond acceptors (Lipinski definition) is 6. The molecule has 0 spiro atoms. The Kier molecular flexibility index (Phi) is 8.41. The first-order valence-corrected chi connectivity index (χ1v) is 9.69. The summed E-state index contributed by atoms with van der Waals surface area (Å²) in [5.74, 6) is -1.77. The van der Waals surface area contributed by atoms with Gasteiger partial charge in [-0.05, 0) is 46.5 Å². The van der Waals surface area contributed by atoms with Gasteiger partial charge >= 0.3 is 5.97 Å². The fourth-order valence-electron chi connectivity index (χ4n) is 2.84. The van der Waals surface area contributed by atoms with Gasteiger partial charge in [0.2, 0.25) is 17.7 Å². The van der Waals surface area contributed by atoms with Gasteiger partial charge in [-0.3, -0.25) is 14.4 Å². The molecule has 3 atom stereocenters. The van der Waals surface area contributed by atoms with Crippen molar-refractivity contribution in [3.8, 4) is 0 Å². The summed E-state index contributed by atoms with van der Waals surface area (Å²) in [7, 11) is 0. The van der Waals surface area contributed by atoms with Crippen molar-refractivity contribution in [2.45, 2.75) is 78.1 Å². The van der Waals surface area contributed by atoms with Gasteiger partial charge in [-0.25, -0.2) is 4.79 Å². The fraction of sp³-hybridized carbons (Fsp3) is 0.789. The maximum Gasteiger partial charge on any atom is 0.329 e. The van der Waals surface area contributed by atoms with E-state index in [-0.39, 0.29) is 18.4 Å². The minimum atomic E-state index is -0.828. The Hall–Kier alpha value is -2.16. The highest BCUT2D eigenvalue weighted by Crippen LogP contribution is 2.22. The summed E-state index contributed by atoms with van der Waals surface area (Å²) in [6.07, 6.45) is 1.23. The molecule has 0 aromatic carbocycles. The molecule has 0 saturated carbocycles. The minimum Gasteiger partial charge on any atom is -0.458 e. The predicted molar refractivity (Wildman–Crippen MR) is 104 cm³/mol. The molecule has 0 bridgehead atoms. The topological polar surface area (TPSA) is 131 Å². The molecule has 1 aliphatic heterocycles. The number of rotatable bonds is 7. The SMILES string of the molecule is CC(C)[C@H](N)C(=O)NCC(=O)N[C@@H](C)C(=O)N1CCC[C@H]1C(=O)OC(C)(C)C. The van der Waals surface area contributed by atoms with E-state index in [0.717, 1.165) is 0 Å². The van der Waals surface area contributed by atoms with Gasteiger partial charge < -0.3 is 26.0 Å². The van der Waals surface area contributed by atoms with Crippen LogP contribution in [-0.4, -0.2) is 65.4 Å². The van der Waals surface area contributed by atoms with Crippen LogP contribution >= 0.6 is 0 Å². The van der Waals surface area contributed by atoms with E-state index in [1.54, 1.807) is 27.7 Å². The molecule has 0 aromatic heterocycles. The summed E-state index contributed by atoms with van der Waals surface area (Å²) in [5, 5.41) is 5.01. The van der Waals surface area contributed by atoms with Crippen LogP contribution in [0.1, 0.15) is 54.4 Å². The zero-order valence-corrected chi connectivity index (χ0v) is 17.7. The van der Waals surface area contributed by atoms with Crippen molar-refractivity contribution in [3.63, 3.8) is 0 Å². The van der Waals surface area contributed by atoms with Crippen LogP contribution in [0.15, 0.2) is 0 Å². The van der Waals surface area contributed by atoms with E-state index in [9.17, 15) is 19.2 Å². The molecule has 160 valence electrons. The van der Waals surface area contributed by atoms with E-state index in [1.807, 2.05) is 13.8 Å². The van der Waals surface area contributed by atoms with Gasteiger partial charge in [-0.15, -0.1) is 0 Å². The number of hydrogen-bond donors (Lipinski definition) is 3. The lowest BCUT2D eigenvalue weighted by Crippen LogP contribution is -2.53. The summed E-state index contributed by atoms with van der Waals surface area (Å²) in [6.45, 7) is 10.6. The highest BCUT2D eigenvalue weighted by atomic mass is 16.6. The summed E-state index contributed by atoms with van der Waals surface area (Å²) >= 11 is 0. The quantitative estimate of drug-likeness (QED) is 0.514. The molecule has 1 rings (SSSR count). The lowest BCUT2D eigenvalue weighted by molar-refractivity contribution is -0.163. The van der Waals surface area contributed by atoms with Crippen molar-refractivity contribution in [1.29, 1.82) is 0 Å². The number of nitrogens with one attached hydrogen (secondary N) is 2. The van der Waals surface area contributed by atoms with E-state index in [2.05, 4.69) is 10.6 Å². The Morgan fingerprint density at radius 3 is 2.32 bits per heavy atom. The third kappa shape index (κ3) is 7.10. The summed E-state index contributed by atoms with van der Waals surface area (Å²) in [5.41, 5.74) is 5.08. The predicted octanol–water partition coefficient (Wildman–Crippen LogP) is -0.0767. The van der Waals surface area contributed by atoms with Crippen LogP contribution in [0.3, 0.4) is 0 Å². The van der Waals surface area contributed by atoms with E-state index >= 15 is 0 Å². The number of nitrogens with zero attached hydrogens (tertiary/aromatic N) is 1. The minimum absolute atomic E-state index is 0.0523. The van der Waals surface area contributed by atoms with Gasteiger partial charge in [0.25, 0.3) is 0 Å². The smallest absolute Gasteiger partial charge is 0.329 e. The lowest BCUT2D eigenvalue weighted by Gasteiger charge is -2.29. The Balaban J connectivity index is 2.58. The molecule has 0 aromatic rings. The third-order valence-electron chi connectivity index (χ3n) is 4.41. The zero-order valence-electron chi connectivity index (χ0n) is 17.7. The molecule has 0 unspecified atom stereocenters. The Morgan fingerprint density at radius 2 is 1.79 bits per heavy atom. The zero-order chi connectivity index (χ0) is 21.6. The van der Waals surface area contributed by atoms with Crippen LogP contribution in [0.2, 0.25) is 0 Å². The van der Waals surface area contributed by atoms with E-state index < -0.39 is 41.5 Å². The average molecular weight is 399 g/mol. The van der Waals surface area contributed by atoms with E-state index in [1.165, 1.54) is 4.90 Å². The van der Waals surface area contributed by atoms with Crippen molar-refractivity contribution in [2.24, 2.45) is 11.7 Å². The van der Waals surface area contributed by atoms with Crippen molar-refractivity contribution >= 4 is 23.7 Å². The van der Waals surface area contributed by atoms with Gasteiger partial charge in [0, 0.05) is 6.54 Å². The first-order chi connectivity index (χ1) is 12.8. The van der Waals surface area contributed by atoms with Gasteiger partial charge in [-0.1, -0.05) is 13.8 Å². The largest absolute Gasteiger partial charge is 0.458 e. The number of amides is 3. The number of carbonyl (C=O) groups excluding carboxylic acids is 4. The van der Waals surface area contributed by atoms with Crippen LogP contribution < -0.4 is 16.4 Å². The molecule has 0 radical (unpaired) electrons. The molecule has 9 nitrogen and oxygen atoms in total. The van der Waals surface area contributed by atoms with Gasteiger partial charge in [0.1, 0.15) is 17.7 Å². The van der Waals surface area contributed by atoms with Gasteiger partial charge in [0.05, 0.1) is 12.6 Å². The molecule has 3 amide bonds. The van der Waals surface area contributed by atoms with E-state index in [0.29, 0.717) is 19.4 Å². The molecule has 1 fully saturated rings. The molecule has 28 heavy (non-hydrogen) atoms. The van der Waals surface area contributed by atoms with Crippen LogP contribution in [0.4, 0.5) is 0 Å². The molecule has 9 heteroatoms. The first kappa shape index (κ1) is 23.9. The standard InChI is InChI=1S/C19H34N4O5/c1-11(2)15(20)16(25)21-10-14(24)22-12(3)17(26)23-9-7-8-13(23)18(27)28-19(4,5)6/h11-13,15H,7-10,20H2,1-6H3,(H,21,25)(H,22,24)/t12-,13-,15-/m0/s1. The normalized spacial score (nSPS) is 19.1. The molecular weight excluding hydrogens is 364 g/mol. The number of likely N-dealkylation sites (tertiary alicyclic amines) is 1. The monoisotopic (exact) mass is 398 g/mol. The second-order valence-corrected chi connectivity index (χ2v) is 8.50. The van der Waals surface area contributed by atoms with Crippen LogP contribution in [0.25, 0.3) is 0 Å². The van der Waals surface area contributed by atoms with Crippen LogP contribution in [0, 0.1) is 5.92 Å². The molecule has 4 N–H and O–H groups in total. The van der Waals surface area contributed by atoms with Crippen LogP contribution in [-0.2, 0) is 23.9 Å². The summed E-state index contributed by atoms with van der Waals surface area (Å²) in [4.78, 5) is 50.3. The Bertz CT molecular complexity index is 600. The molecule has 0 aliphatic carbocycles. The Labute approximate surface area is 166 Å². The maximum absolute atomic E-state index is 12.7. The molecule has 1 saturated heterocycles. The second kappa shape index (κ2) is 9.86. The number of carbonyl (C=O) groups is 4. The fourth-order valence-corrected chi connectivity index (χ4v) is 2.84. The van der Waals surface area contributed by atoms with Crippen molar-refractivity contribution < 1.29 is 23.9 Å². The highest BCUT2D eigenvalue weighted by Gasteiger charge is 2.38. The maximum atomic E-state index is 12.7. The average Bonchev–Trinajstić information content (AvgIpc) is 3.06. The van der Waals surface area contributed by atoms with Gasteiger partial charge in [-0.2, -0.15) is 0 Å². The lowest BCUT2D eigenvalue weighted by atomic mass is 10.1. The van der Waals surface area contributed by atoms with Crippen molar-refractivity contribution in [2.75, 3.05) is 13.1 Å². The molecule has 1 heterocycles. The van der Waals surface area contributed by atoms with E-state index in [4.69, 9.17) is 10.5 Å². The number of ether oxygens (including phenoxy) is 1. The summed E-state index contributed by atoms with van der Waals surface area (Å²) in [6, 6.07) is -2.17. The highest BCUT2D eigenvalue weighted by molar-refractivity contribution is 5.92. The number of nitrogens with two attached hydrogens (primary N) is 1. The number of esters is 1. The second-order valence-electron chi connectivity index (χ2n) is 8.50. The van der Waals surface area contributed by atoms with Crippen molar-refractivity contribution in [1.82, 2.24) is 15.5 Å². The molecule has 1 aliphatic rings. The van der Waals surface area contributed by atoms with Crippen molar-refractivity contribution in [3.05, 3.63) is 0 Å². The first-order valence-electron chi connectivity index (χ1n) is 9.69. The molecular formula is C19H34N4O5.